The van der Waals surface area contributed by atoms with Gasteiger partial charge in [0, 0.05) is 25.3 Å². The van der Waals surface area contributed by atoms with Crippen LogP contribution in [-0.2, 0) is 14.3 Å². The van der Waals surface area contributed by atoms with Gasteiger partial charge in [-0.2, -0.15) is 0 Å². The maximum Gasteiger partial charge on any atom is 0.327 e. The van der Waals surface area contributed by atoms with Crippen LogP contribution in [0, 0.1) is 11.6 Å². The summed E-state index contributed by atoms with van der Waals surface area (Å²) in [5.41, 5.74) is 0.0518. The number of carbonyl (C=O) groups excluding carboxylic acids is 1. The molecule has 0 saturated carbocycles. The molecule has 0 aromatic heterocycles. The fourth-order valence-electron chi connectivity index (χ4n) is 1.59. The molecule has 6 heteroatoms. The van der Waals surface area contributed by atoms with Gasteiger partial charge in [-0.1, -0.05) is 6.07 Å². The summed E-state index contributed by atoms with van der Waals surface area (Å²) in [7, 11) is 1.51. The van der Waals surface area contributed by atoms with Gasteiger partial charge >= 0.3 is 5.97 Å². The zero-order chi connectivity index (χ0) is 14.3. The molecule has 19 heavy (non-hydrogen) atoms. The molecule has 1 unspecified atom stereocenters. The van der Waals surface area contributed by atoms with E-state index in [1.807, 2.05) is 0 Å². The molecule has 0 aliphatic rings. The van der Waals surface area contributed by atoms with Crippen molar-refractivity contribution in [3.8, 4) is 0 Å². The van der Waals surface area contributed by atoms with Gasteiger partial charge in [-0.3, -0.25) is 5.32 Å². The van der Waals surface area contributed by atoms with Crippen LogP contribution in [0.25, 0.3) is 0 Å². The summed E-state index contributed by atoms with van der Waals surface area (Å²) in [6, 6.07) is 2.09. The zero-order valence-electron chi connectivity index (χ0n) is 10.9. The van der Waals surface area contributed by atoms with Crippen molar-refractivity contribution in [3.63, 3.8) is 0 Å². The molecule has 0 radical (unpaired) electrons. The number of ether oxygens (including phenoxy) is 2. The first kappa shape index (κ1) is 15.5. The number of hydrogen-bond donors (Lipinski definition) is 1. The highest BCUT2D eigenvalue weighted by Gasteiger charge is 2.24. The SMILES string of the molecule is CCOC(=O)C(NCCOC)c1ccc(F)cc1F. The molecule has 0 fully saturated rings. The van der Waals surface area contributed by atoms with Gasteiger partial charge in [0.15, 0.2) is 0 Å². The Hall–Kier alpha value is -1.53. The molecular weight excluding hydrogens is 256 g/mol. The minimum atomic E-state index is -0.976. The Morgan fingerprint density at radius 1 is 1.42 bits per heavy atom. The lowest BCUT2D eigenvalue weighted by Crippen LogP contribution is -2.33. The predicted molar refractivity (Wildman–Crippen MR) is 65.6 cm³/mol. The minimum Gasteiger partial charge on any atom is -0.465 e. The van der Waals surface area contributed by atoms with Crippen molar-refractivity contribution in [1.82, 2.24) is 5.32 Å². The first-order valence-corrected chi connectivity index (χ1v) is 5.94. The molecule has 1 aromatic carbocycles. The Morgan fingerprint density at radius 3 is 2.74 bits per heavy atom. The van der Waals surface area contributed by atoms with Crippen LogP contribution in [-0.4, -0.2) is 32.8 Å². The summed E-state index contributed by atoms with van der Waals surface area (Å²) < 4.78 is 36.3. The van der Waals surface area contributed by atoms with Gasteiger partial charge in [-0.15, -0.1) is 0 Å². The standard InChI is InChI=1S/C13H17F2NO3/c1-3-19-13(17)12(16-6-7-18-2)10-5-4-9(14)8-11(10)15/h4-5,8,12,16H,3,6-7H2,1-2H3. The lowest BCUT2D eigenvalue weighted by atomic mass is 10.1. The van der Waals surface area contributed by atoms with Gasteiger partial charge in [0.2, 0.25) is 0 Å². The van der Waals surface area contributed by atoms with Crippen molar-refractivity contribution in [3.05, 3.63) is 35.4 Å². The van der Waals surface area contributed by atoms with Crippen LogP contribution in [0.5, 0.6) is 0 Å². The second kappa shape index (κ2) is 7.81. The van der Waals surface area contributed by atoms with E-state index in [2.05, 4.69) is 5.32 Å². The fourth-order valence-corrected chi connectivity index (χ4v) is 1.59. The topological polar surface area (TPSA) is 47.6 Å². The molecule has 1 aromatic rings. The van der Waals surface area contributed by atoms with Crippen molar-refractivity contribution in [2.75, 3.05) is 26.9 Å². The number of benzene rings is 1. The summed E-state index contributed by atoms with van der Waals surface area (Å²) in [4.78, 5) is 11.8. The summed E-state index contributed by atoms with van der Waals surface area (Å²) in [5, 5.41) is 2.82. The highest BCUT2D eigenvalue weighted by Crippen LogP contribution is 2.19. The minimum absolute atomic E-state index is 0.0518. The maximum absolute atomic E-state index is 13.7. The molecule has 0 heterocycles. The van der Waals surface area contributed by atoms with E-state index in [1.165, 1.54) is 13.2 Å². The Bertz CT molecular complexity index is 426. The van der Waals surface area contributed by atoms with Gasteiger partial charge < -0.3 is 9.47 Å². The number of methoxy groups -OCH3 is 1. The fraction of sp³-hybridized carbons (Fsp3) is 0.462. The molecule has 0 aliphatic carbocycles. The molecule has 4 nitrogen and oxygen atoms in total. The number of rotatable bonds is 7. The van der Waals surface area contributed by atoms with Crippen molar-refractivity contribution < 1.29 is 23.0 Å². The Balaban J connectivity index is 2.90. The molecule has 106 valence electrons. The molecule has 1 rings (SSSR count). The summed E-state index contributed by atoms with van der Waals surface area (Å²) in [5.74, 6) is -2.09. The first-order valence-electron chi connectivity index (χ1n) is 5.94. The van der Waals surface area contributed by atoms with Gasteiger partial charge in [0.25, 0.3) is 0 Å². The number of esters is 1. The third kappa shape index (κ3) is 4.57. The van der Waals surface area contributed by atoms with Crippen LogP contribution >= 0.6 is 0 Å². The average Bonchev–Trinajstić information content (AvgIpc) is 2.36. The van der Waals surface area contributed by atoms with E-state index in [4.69, 9.17) is 9.47 Å². The second-order valence-electron chi connectivity index (χ2n) is 3.80. The van der Waals surface area contributed by atoms with Gasteiger partial charge in [-0.25, -0.2) is 13.6 Å². The Labute approximate surface area is 110 Å². The summed E-state index contributed by atoms with van der Waals surface area (Å²) in [6.07, 6.45) is 0. The van der Waals surface area contributed by atoms with Crippen LogP contribution in [0.2, 0.25) is 0 Å². The second-order valence-corrected chi connectivity index (χ2v) is 3.80. The lowest BCUT2D eigenvalue weighted by Gasteiger charge is -2.18. The number of carbonyl (C=O) groups is 1. The van der Waals surface area contributed by atoms with Crippen LogP contribution in [0.4, 0.5) is 8.78 Å². The van der Waals surface area contributed by atoms with Crippen molar-refractivity contribution in [1.29, 1.82) is 0 Å². The van der Waals surface area contributed by atoms with Gasteiger partial charge in [0.1, 0.15) is 17.7 Å². The van der Waals surface area contributed by atoms with E-state index in [0.717, 1.165) is 12.1 Å². The molecule has 1 N–H and O–H groups in total. The smallest absolute Gasteiger partial charge is 0.327 e. The zero-order valence-corrected chi connectivity index (χ0v) is 10.9. The van der Waals surface area contributed by atoms with E-state index in [-0.39, 0.29) is 12.2 Å². The third-order valence-corrected chi connectivity index (χ3v) is 2.45. The molecule has 0 spiro atoms. The van der Waals surface area contributed by atoms with E-state index < -0.39 is 23.6 Å². The number of halogens is 2. The van der Waals surface area contributed by atoms with Crippen LogP contribution in [0.15, 0.2) is 18.2 Å². The van der Waals surface area contributed by atoms with Crippen molar-refractivity contribution in [2.24, 2.45) is 0 Å². The molecular formula is C13H17F2NO3. The predicted octanol–water partition coefficient (Wildman–Crippen LogP) is 1.80. The summed E-state index contributed by atoms with van der Waals surface area (Å²) >= 11 is 0. The average molecular weight is 273 g/mol. The van der Waals surface area contributed by atoms with Crippen LogP contribution in [0.1, 0.15) is 18.5 Å². The van der Waals surface area contributed by atoms with E-state index >= 15 is 0 Å². The van der Waals surface area contributed by atoms with Gasteiger partial charge in [0.05, 0.1) is 13.2 Å². The highest BCUT2D eigenvalue weighted by atomic mass is 19.1. The molecule has 1 atom stereocenters. The van der Waals surface area contributed by atoms with E-state index in [9.17, 15) is 13.6 Å². The largest absolute Gasteiger partial charge is 0.465 e. The van der Waals surface area contributed by atoms with Crippen LogP contribution in [0.3, 0.4) is 0 Å². The molecule has 0 amide bonds. The normalized spacial score (nSPS) is 12.2. The number of nitrogens with one attached hydrogen (secondary N) is 1. The number of hydrogen-bond acceptors (Lipinski definition) is 4. The van der Waals surface area contributed by atoms with E-state index in [1.54, 1.807) is 6.92 Å². The highest BCUT2D eigenvalue weighted by molar-refractivity contribution is 5.77. The molecule has 0 bridgehead atoms. The quantitative estimate of drug-likeness (QED) is 0.608. The van der Waals surface area contributed by atoms with Gasteiger partial charge in [-0.05, 0) is 13.0 Å². The van der Waals surface area contributed by atoms with Crippen molar-refractivity contribution in [2.45, 2.75) is 13.0 Å². The first-order chi connectivity index (χ1) is 9.10. The Kier molecular flexibility index (Phi) is 6.38. The monoisotopic (exact) mass is 273 g/mol. The molecule has 0 saturated heterocycles. The van der Waals surface area contributed by atoms with Crippen LogP contribution < -0.4 is 5.32 Å². The van der Waals surface area contributed by atoms with Crippen molar-refractivity contribution >= 4 is 5.97 Å². The maximum atomic E-state index is 13.7. The Morgan fingerprint density at radius 2 is 2.16 bits per heavy atom. The summed E-state index contributed by atoms with van der Waals surface area (Å²) in [6.45, 7) is 2.55. The molecule has 0 aliphatic heterocycles. The lowest BCUT2D eigenvalue weighted by molar-refractivity contribution is -0.146. The van der Waals surface area contributed by atoms with E-state index in [0.29, 0.717) is 13.2 Å². The third-order valence-electron chi connectivity index (χ3n) is 2.45.